The Morgan fingerprint density at radius 2 is 1.92 bits per heavy atom. The molecule has 0 saturated carbocycles. The van der Waals surface area contributed by atoms with Crippen LogP contribution < -0.4 is 10.1 Å². The number of methoxy groups -OCH3 is 1. The number of ether oxygens (including phenoxy) is 1. The first-order valence-electron chi connectivity index (χ1n) is 7.51. The number of phenols is 1. The zero-order chi connectivity index (χ0) is 18.5. The number of aromatic hydroxyl groups is 1. The van der Waals surface area contributed by atoms with Crippen molar-refractivity contribution < 1.29 is 14.6 Å². The molecular formula is C18H14ClN3O3S. The number of amides is 1. The van der Waals surface area contributed by atoms with Gasteiger partial charge in [0.1, 0.15) is 0 Å². The van der Waals surface area contributed by atoms with E-state index < -0.39 is 0 Å². The Kier molecular flexibility index (Phi) is 5.50. The number of rotatable bonds is 5. The molecule has 6 nitrogen and oxygen atoms in total. The number of hydrogen-bond acceptors (Lipinski definition) is 6. The number of nitrogens with one attached hydrogen (secondary N) is 1. The Morgan fingerprint density at radius 1 is 1.19 bits per heavy atom. The highest BCUT2D eigenvalue weighted by Crippen LogP contribution is 2.30. The first-order valence-corrected chi connectivity index (χ1v) is 8.71. The number of halogens is 1. The maximum Gasteiger partial charge on any atom is 0.286 e. The van der Waals surface area contributed by atoms with Gasteiger partial charge in [0.05, 0.1) is 12.1 Å². The minimum atomic E-state index is -0.355. The fourth-order valence-corrected chi connectivity index (χ4v) is 3.05. The largest absolute Gasteiger partial charge is 0.504 e. The lowest BCUT2D eigenvalue weighted by Crippen LogP contribution is -2.11. The molecule has 3 rings (SSSR count). The van der Waals surface area contributed by atoms with Gasteiger partial charge in [-0.25, -0.2) is 0 Å². The van der Waals surface area contributed by atoms with Crippen molar-refractivity contribution >= 4 is 45.6 Å². The average Bonchev–Trinajstić information content (AvgIpc) is 3.13. The summed E-state index contributed by atoms with van der Waals surface area (Å²) in [5.74, 6) is 0.0199. The van der Waals surface area contributed by atoms with Crippen LogP contribution in [-0.2, 0) is 0 Å². The van der Waals surface area contributed by atoms with Crippen molar-refractivity contribution in [3.63, 3.8) is 0 Å². The van der Waals surface area contributed by atoms with Crippen LogP contribution in [0.4, 0.5) is 5.69 Å². The Morgan fingerprint density at radius 3 is 2.62 bits per heavy atom. The van der Waals surface area contributed by atoms with Crippen LogP contribution in [0.15, 0.2) is 48.5 Å². The number of anilines is 1. The lowest BCUT2D eigenvalue weighted by Gasteiger charge is -2.03. The molecule has 0 aliphatic rings. The molecule has 0 fully saturated rings. The SMILES string of the molecule is COc1ccc(C=C(Cl)c2nnc(C(=O)Nc3ccccc3)s2)cc1O. The lowest BCUT2D eigenvalue weighted by molar-refractivity contribution is 0.102. The second kappa shape index (κ2) is 7.99. The number of nitrogens with zero attached hydrogens (tertiary/aromatic N) is 2. The minimum absolute atomic E-state index is 0.00547. The van der Waals surface area contributed by atoms with Gasteiger partial charge in [0.2, 0.25) is 5.01 Å². The molecule has 2 aromatic carbocycles. The molecular weight excluding hydrogens is 374 g/mol. The fourth-order valence-electron chi connectivity index (χ4n) is 2.12. The normalized spacial score (nSPS) is 11.2. The third kappa shape index (κ3) is 4.19. The molecule has 0 atom stereocenters. The van der Waals surface area contributed by atoms with E-state index in [9.17, 15) is 9.90 Å². The summed E-state index contributed by atoms with van der Waals surface area (Å²) in [6, 6.07) is 14.0. The molecule has 26 heavy (non-hydrogen) atoms. The van der Waals surface area contributed by atoms with Gasteiger partial charge in [0.25, 0.3) is 5.91 Å². The highest BCUT2D eigenvalue weighted by molar-refractivity contribution is 7.15. The zero-order valence-electron chi connectivity index (χ0n) is 13.6. The van der Waals surface area contributed by atoms with E-state index in [4.69, 9.17) is 16.3 Å². The van der Waals surface area contributed by atoms with Crippen LogP contribution in [0.25, 0.3) is 11.1 Å². The number of phenolic OH excluding ortho intramolecular Hbond substituents is 1. The van der Waals surface area contributed by atoms with E-state index in [1.807, 2.05) is 18.2 Å². The third-order valence-electron chi connectivity index (χ3n) is 3.35. The van der Waals surface area contributed by atoms with Gasteiger partial charge in [-0.15, -0.1) is 10.2 Å². The van der Waals surface area contributed by atoms with E-state index in [1.54, 1.807) is 30.3 Å². The molecule has 132 valence electrons. The molecule has 0 aliphatic carbocycles. The van der Waals surface area contributed by atoms with Crippen molar-refractivity contribution in [1.29, 1.82) is 0 Å². The highest BCUT2D eigenvalue weighted by Gasteiger charge is 2.15. The van der Waals surface area contributed by atoms with Crippen LogP contribution in [0.3, 0.4) is 0 Å². The molecule has 2 N–H and O–H groups in total. The van der Waals surface area contributed by atoms with Gasteiger partial charge in [0.15, 0.2) is 16.5 Å². The van der Waals surface area contributed by atoms with Crippen LogP contribution >= 0.6 is 22.9 Å². The molecule has 1 aromatic heterocycles. The van der Waals surface area contributed by atoms with E-state index in [0.717, 1.165) is 11.3 Å². The van der Waals surface area contributed by atoms with Crippen molar-refractivity contribution in [3.05, 3.63) is 64.1 Å². The Labute approximate surface area is 158 Å². The molecule has 1 amide bonds. The molecule has 0 bridgehead atoms. The quantitative estimate of drug-likeness (QED) is 0.684. The summed E-state index contributed by atoms with van der Waals surface area (Å²) in [7, 11) is 1.47. The van der Waals surface area contributed by atoms with Crippen LogP contribution in [0.1, 0.15) is 20.4 Å². The summed E-state index contributed by atoms with van der Waals surface area (Å²) in [4.78, 5) is 12.2. The maximum atomic E-state index is 12.2. The molecule has 8 heteroatoms. The summed E-state index contributed by atoms with van der Waals surface area (Å²) in [5, 5.41) is 21.3. The van der Waals surface area contributed by atoms with E-state index in [0.29, 0.717) is 27.0 Å². The molecule has 0 aliphatic heterocycles. The average molecular weight is 388 g/mol. The number of carbonyl (C=O) groups excluding carboxylic acids is 1. The number of carbonyl (C=O) groups is 1. The zero-order valence-corrected chi connectivity index (χ0v) is 15.2. The minimum Gasteiger partial charge on any atom is -0.504 e. The smallest absolute Gasteiger partial charge is 0.286 e. The monoisotopic (exact) mass is 387 g/mol. The molecule has 0 unspecified atom stereocenters. The van der Waals surface area contributed by atoms with Gasteiger partial charge in [-0.1, -0.05) is 47.2 Å². The van der Waals surface area contributed by atoms with Crippen molar-refractivity contribution in [2.24, 2.45) is 0 Å². The standard InChI is InChI=1S/C18H14ClN3O3S/c1-25-15-8-7-11(10-14(15)23)9-13(19)17-21-22-18(26-17)16(24)20-12-5-3-2-4-6-12/h2-10,23H,1H3,(H,20,24). The van der Waals surface area contributed by atoms with Crippen molar-refractivity contribution in [3.8, 4) is 11.5 Å². The van der Waals surface area contributed by atoms with Crippen LogP contribution in [-0.4, -0.2) is 28.3 Å². The number of para-hydroxylation sites is 1. The van der Waals surface area contributed by atoms with E-state index in [1.165, 1.54) is 13.2 Å². The second-order valence-electron chi connectivity index (χ2n) is 5.16. The first-order chi connectivity index (χ1) is 12.6. The summed E-state index contributed by atoms with van der Waals surface area (Å²) >= 11 is 7.35. The number of aromatic nitrogens is 2. The predicted octanol–water partition coefficient (Wildman–Crippen LogP) is 4.24. The van der Waals surface area contributed by atoms with Gasteiger partial charge >= 0.3 is 0 Å². The van der Waals surface area contributed by atoms with Crippen molar-refractivity contribution in [2.45, 2.75) is 0 Å². The van der Waals surface area contributed by atoms with Crippen LogP contribution in [0.2, 0.25) is 0 Å². The summed E-state index contributed by atoms with van der Waals surface area (Å²) in [5.41, 5.74) is 1.34. The third-order valence-corrected chi connectivity index (χ3v) is 4.71. The highest BCUT2D eigenvalue weighted by atomic mass is 35.5. The summed E-state index contributed by atoms with van der Waals surface area (Å²) in [6.45, 7) is 0. The molecule has 1 heterocycles. The second-order valence-corrected chi connectivity index (χ2v) is 6.54. The number of hydrogen-bond donors (Lipinski definition) is 2. The van der Waals surface area contributed by atoms with E-state index >= 15 is 0 Å². The summed E-state index contributed by atoms with van der Waals surface area (Å²) in [6.07, 6.45) is 1.63. The van der Waals surface area contributed by atoms with Crippen LogP contribution in [0.5, 0.6) is 11.5 Å². The fraction of sp³-hybridized carbons (Fsp3) is 0.0556. The van der Waals surface area contributed by atoms with Gasteiger partial charge in [-0.05, 0) is 35.9 Å². The van der Waals surface area contributed by atoms with Crippen molar-refractivity contribution in [1.82, 2.24) is 10.2 Å². The topological polar surface area (TPSA) is 84.3 Å². The predicted molar refractivity (Wildman–Crippen MR) is 103 cm³/mol. The first kappa shape index (κ1) is 17.9. The van der Waals surface area contributed by atoms with Gasteiger partial charge in [0, 0.05) is 5.69 Å². The Bertz CT molecular complexity index is 957. The lowest BCUT2D eigenvalue weighted by atomic mass is 10.2. The molecule has 0 spiro atoms. The Hall–Kier alpha value is -2.90. The van der Waals surface area contributed by atoms with E-state index in [-0.39, 0.29) is 16.7 Å². The van der Waals surface area contributed by atoms with Gasteiger partial charge < -0.3 is 15.2 Å². The van der Waals surface area contributed by atoms with Crippen molar-refractivity contribution in [2.75, 3.05) is 12.4 Å². The number of benzene rings is 2. The molecule has 0 radical (unpaired) electrons. The van der Waals surface area contributed by atoms with Gasteiger partial charge in [-0.2, -0.15) is 0 Å². The van der Waals surface area contributed by atoms with E-state index in [2.05, 4.69) is 15.5 Å². The summed E-state index contributed by atoms with van der Waals surface area (Å²) < 4.78 is 5.00. The van der Waals surface area contributed by atoms with Gasteiger partial charge in [-0.3, -0.25) is 4.79 Å². The molecule has 0 saturated heterocycles. The molecule has 3 aromatic rings. The maximum absolute atomic E-state index is 12.2. The van der Waals surface area contributed by atoms with Crippen LogP contribution in [0, 0.1) is 0 Å². The Balaban J connectivity index is 1.76.